The van der Waals surface area contributed by atoms with E-state index in [0.717, 1.165) is 13.8 Å². The van der Waals surface area contributed by atoms with Gasteiger partial charge in [0.2, 0.25) is 0 Å². The van der Waals surface area contributed by atoms with E-state index >= 15 is 0 Å². The van der Waals surface area contributed by atoms with E-state index in [1.54, 1.807) is 59.7 Å². The quantitative estimate of drug-likeness (QED) is 0.291. The third-order valence-corrected chi connectivity index (χ3v) is 9.58. The minimum absolute atomic E-state index is 0.103. The van der Waals surface area contributed by atoms with Crippen molar-refractivity contribution in [2.24, 2.45) is 23.2 Å². The number of aliphatic hydroxyl groups is 2. The molecule has 1 unspecified atom stereocenters. The number of benzene rings is 1. The van der Waals surface area contributed by atoms with Crippen molar-refractivity contribution in [3.8, 4) is 0 Å². The van der Waals surface area contributed by atoms with Crippen molar-refractivity contribution < 1.29 is 62.6 Å². The zero-order chi connectivity index (χ0) is 35.3. The highest BCUT2D eigenvalue weighted by Crippen LogP contribution is 2.69. The predicted molar refractivity (Wildman–Crippen MR) is 162 cm³/mol. The topological polar surface area (TPSA) is 181 Å². The molecule has 1 saturated heterocycles. The lowest BCUT2D eigenvalue weighted by Gasteiger charge is -2.66. The summed E-state index contributed by atoms with van der Waals surface area (Å²) in [6, 6.07) is 7.90. The Hall–Kier alpha value is -3.55. The molecule has 9 atom stereocenters. The summed E-state index contributed by atoms with van der Waals surface area (Å²) >= 11 is 0. The van der Waals surface area contributed by atoms with Crippen LogP contribution in [0, 0.1) is 23.2 Å². The lowest BCUT2D eigenvalue weighted by atomic mass is 9.45. The predicted octanol–water partition coefficient (Wildman–Crippen LogP) is 2.52. The minimum atomic E-state index is -2.23. The lowest BCUT2D eigenvalue weighted by molar-refractivity contribution is -0.363. The lowest BCUT2D eigenvalue weighted by Crippen LogP contribution is -2.85. The van der Waals surface area contributed by atoms with E-state index in [2.05, 4.69) is 0 Å². The monoisotopic (exact) mass is 662 g/mol. The van der Waals surface area contributed by atoms with Crippen molar-refractivity contribution in [2.75, 3.05) is 6.61 Å². The number of hydrogen-bond acceptors (Lipinski definition) is 13. The Kier molecular flexibility index (Phi) is 9.89. The number of carbonyl (C=O) groups excluding carboxylic acids is 5. The maximum Gasteiger partial charge on any atom is 0.338 e. The molecule has 0 amide bonds. The summed E-state index contributed by atoms with van der Waals surface area (Å²) in [7, 11) is 0. The van der Waals surface area contributed by atoms with Crippen LogP contribution in [0.2, 0.25) is 0 Å². The van der Waals surface area contributed by atoms with E-state index in [-0.39, 0.29) is 5.56 Å². The van der Waals surface area contributed by atoms with E-state index < -0.39 is 113 Å². The van der Waals surface area contributed by atoms with Crippen LogP contribution in [0.15, 0.2) is 30.3 Å². The van der Waals surface area contributed by atoms with Crippen molar-refractivity contribution in [3.63, 3.8) is 0 Å². The largest absolute Gasteiger partial charge is 0.464 e. The van der Waals surface area contributed by atoms with Gasteiger partial charge in [-0.1, -0.05) is 45.9 Å². The third-order valence-electron chi connectivity index (χ3n) is 9.58. The van der Waals surface area contributed by atoms with E-state index in [1.165, 1.54) is 19.1 Å². The number of hydrogen-bond donors (Lipinski definition) is 2. The zero-order valence-electron chi connectivity index (χ0n) is 28.3. The molecule has 2 saturated carbocycles. The molecule has 2 bridgehead atoms. The number of aliphatic hydroxyl groups excluding tert-OH is 1. The molecule has 2 aliphatic carbocycles. The van der Waals surface area contributed by atoms with E-state index in [9.17, 15) is 34.2 Å². The zero-order valence-corrected chi connectivity index (χ0v) is 28.3. The van der Waals surface area contributed by atoms with Crippen LogP contribution in [0.3, 0.4) is 0 Å². The summed E-state index contributed by atoms with van der Waals surface area (Å²) in [5.41, 5.74) is -7.86. The number of ether oxygens (including phenoxy) is 6. The van der Waals surface area contributed by atoms with Crippen molar-refractivity contribution in [2.45, 2.75) is 116 Å². The smallest absolute Gasteiger partial charge is 0.338 e. The third kappa shape index (κ3) is 6.02. The van der Waals surface area contributed by atoms with E-state index in [1.807, 2.05) is 0 Å². The molecule has 2 N–H and O–H groups in total. The van der Waals surface area contributed by atoms with Gasteiger partial charge in [0.15, 0.2) is 12.2 Å². The van der Waals surface area contributed by atoms with Crippen LogP contribution < -0.4 is 0 Å². The molecule has 1 aromatic carbocycles. The van der Waals surface area contributed by atoms with Gasteiger partial charge in [-0.15, -0.1) is 0 Å². The molecule has 4 rings (SSSR count). The van der Waals surface area contributed by atoms with Gasteiger partial charge < -0.3 is 38.6 Å². The van der Waals surface area contributed by atoms with Gasteiger partial charge in [-0.05, 0) is 32.9 Å². The van der Waals surface area contributed by atoms with E-state index in [4.69, 9.17) is 28.4 Å². The molecule has 3 aliphatic rings. The summed E-state index contributed by atoms with van der Waals surface area (Å²) in [4.78, 5) is 65.7. The number of rotatable bonds is 9. The van der Waals surface area contributed by atoms with Crippen LogP contribution in [-0.4, -0.2) is 94.0 Å². The van der Waals surface area contributed by atoms with Gasteiger partial charge in [0.1, 0.15) is 29.8 Å². The molecule has 1 aliphatic heterocycles. The van der Waals surface area contributed by atoms with Crippen LogP contribution in [0.25, 0.3) is 0 Å². The fraction of sp³-hybridized carbons (Fsp3) is 0.676. The fourth-order valence-electron chi connectivity index (χ4n) is 7.74. The van der Waals surface area contributed by atoms with Crippen LogP contribution in [0.1, 0.15) is 79.1 Å². The first-order valence-corrected chi connectivity index (χ1v) is 15.8. The summed E-state index contributed by atoms with van der Waals surface area (Å²) in [6.45, 7) is 12.4. The maximum atomic E-state index is 13.9. The molecule has 260 valence electrons. The normalized spacial score (nSPS) is 35.4. The molecule has 1 aromatic rings. The van der Waals surface area contributed by atoms with Crippen molar-refractivity contribution >= 4 is 29.8 Å². The number of carbonyl (C=O) groups is 5. The Balaban J connectivity index is 2.13. The first-order valence-electron chi connectivity index (χ1n) is 15.8. The van der Waals surface area contributed by atoms with Crippen LogP contribution in [0.4, 0.5) is 0 Å². The fourth-order valence-corrected chi connectivity index (χ4v) is 7.74. The van der Waals surface area contributed by atoms with Gasteiger partial charge in [-0.2, -0.15) is 0 Å². The Morgan fingerprint density at radius 2 is 1.43 bits per heavy atom. The Morgan fingerprint density at radius 3 is 1.96 bits per heavy atom. The second kappa shape index (κ2) is 12.8. The molecule has 47 heavy (non-hydrogen) atoms. The molecule has 3 fully saturated rings. The van der Waals surface area contributed by atoms with Crippen LogP contribution in [-0.2, 0) is 47.6 Å². The highest BCUT2D eigenvalue weighted by Gasteiger charge is 2.88. The molecule has 0 aromatic heterocycles. The molecule has 13 nitrogen and oxygen atoms in total. The van der Waals surface area contributed by atoms with Crippen molar-refractivity contribution in [1.82, 2.24) is 0 Å². The summed E-state index contributed by atoms with van der Waals surface area (Å²) < 4.78 is 36.5. The second-order valence-electron chi connectivity index (χ2n) is 14.1. The first-order chi connectivity index (χ1) is 21.7. The Morgan fingerprint density at radius 1 is 0.851 bits per heavy atom. The average Bonchev–Trinajstić information content (AvgIpc) is 3.14. The molecular formula is C34H46O13. The Bertz CT molecular complexity index is 1390. The second-order valence-corrected chi connectivity index (χ2v) is 14.1. The molecular weight excluding hydrogens is 616 g/mol. The van der Waals surface area contributed by atoms with Gasteiger partial charge >= 0.3 is 29.8 Å². The summed E-state index contributed by atoms with van der Waals surface area (Å²) in [6.07, 6.45) is -8.38. The van der Waals surface area contributed by atoms with Crippen LogP contribution >= 0.6 is 0 Å². The molecule has 0 radical (unpaired) electrons. The molecule has 1 spiro atoms. The van der Waals surface area contributed by atoms with Gasteiger partial charge in [0.25, 0.3) is 0 Å². The van der Waals surface area contributed by atoms with Crippen LogP contribution in [0.5, 0.6) is 0 Å². The van der Waals surface area contributed by atoms with Crippen molar-refractivity contribution in [1.29, 1.82) is 0 Å². The van der Waals surface area contributed by atoms with Gasteiger partial charge in [0, 0.05) is 20.3 Å². The van der Waals surface area contributed by atoms with Gasteiger partial charge in [0.05, 0.1) is 40.6 Å². The highest BCUT2D eigenvalue weighted by molar-refractivity contribution is 5.89. The first kappa shape index (κ1) is 36.3. The van der Waals surface area contributed by atoms with Crippen molar-refractivity contribution in [3.05, 3.63) is 35.9 Å². The minimum Gasteiger partial charge on any atom is -0.464 e. The average molecular weight is 663 g/mol. The van der Waals surface area contributed by atoms with Gasteiger partial charge in [-0.3, -0.25) is 19.2 Å². The summed E-state index contributed by atoms with van der Waals surface area (Å²) in [5.74, 6) is -6.44. The van der Waals surface area contributed by atoms with E-state index in [0.29, 0.717) is 0 Å². The number of esters is 5. The standard InChI is InChI=1S/C34H46O13/c1-17(2)28(38)42-16-33-26(44-20(6)36)22(43-19(5)35)15-32(9,41)34(33)25(37)23(31(7,8)47-34)24(45-29(39)18(3)4)27(33)46-30(40)21-13-11-10-12-14-21/h10-14,17-18,22-27,37,41H,15-16H2,1-9H3/t22-,23+,24-,25?,26-,27+,32-,33-,34-/m0/s1. The highest BCUT2D eigenvalue weighted by atomic mass is 16.6. The number of fused-ring (bicyclic) bond motifs is 1. The SMILES string of the molecule is CC(=O)O[C@H]1C[C@](C)(O)[C@@]23OC(C)(C)[C@@H](C2O)[C@H](OC(=O)C(C)C)[C@@H](OC(=O)c2ccccc2)[C@]3(COC(=O)C(C)C)[C@H]1OC(C)=O. The van der Waals surface area contributed by atoms with Gasteiger partial charge in [-0.25, -0.2) is 4.79 Å². The molecule has 13 heteroatoms. The summed E-state index contributed by atoms with van der Waals surface area (Å²) in [5, 5.41) is 24.9. The Labute approximate surface area is 274 Å². The maximum absolute atomic E-state index is 13.9. The molecule has 1 heterocycles.